The molecular weight excluding hydrogens is 839 g/mol. The summed E-state index contributed by atoms with van der Waals surface area (Å²) < 4.78 is 102. The first-order valence-corrected chi connectivity index (χ1v) is 25.9. The summed E-state index contributed by atoms with van der Waals surface area (Å²) in [6.45, 7) is 8.93. The molecule has 2 aromatic carbocycles. The minimum atomic E-state index is -4.46. The predicted octanol–water partition coefficient (Wildman–Crippen LogP) is 7.66. The van der Waals surface area contributed by atoms with E-state index in [1.54, 1.807) is 12.1 Å². The number of nitrogens with zero attached hydrogens (tertiary/aromatic N) is 2. The van der Waals surface area contributed by atoms with E-state index >= 15 is 0 Å². The number of fused-ring (bicyclic) bond motifs is 2. The zero-order valence-electron chi connectivity index (χ0n) is 35.5. The summed E-state index contributed by atoms with van der Waals surface area (Å²) >= 11 is 0. The van der Waals surface area contributed by atoms with Crippen LogP contribution in [0.15, 0.2) is 82.3 Å². The van der Waals surface area contributed by atoms with E-state index in [9.17, 15) is 43.7 Å². The first-order valence-electron chi connectivity index (χ1n) is 21.5. The van der Waals surface area contributed by atoms with E-state index in [4.69, 9.17) is 0 Å². The average molecular weight is 899 g/mol. The zero-order chi connectivity index (χ0) is 44.2. The van der Waals surface area contributed by atoms with Gasteiger partial charge in [-0.05, 0) is 138 Å². The first-order chi connectivity index (χ1) is 28.5. The number of carbonyl (C=O) groups is 1. The van der Waals surface area contributed by atoms with Gasteiger partial charge in [0.2, 0.25) is 11.6 Å². The number of nitrogens with one attached hydrogen (secondary N) is 1. The van der Waals surface area contributed by atoms with Crippen LogP contribution in [0.5, 0.6) is 0 Å². The minimum absolute atomic E-state index is 0.0000386. The largest absolute Gasteiger partial charge is 0.351 e. The average Bonchev–Trinajstić information content (AvgIpc) is 3.48. The Balaban J connectivity index is 1.08. The van der Waals surface area contributed by atoms with E-state index in [1.165, 1.54) is 43.5 Å². The molecule has 4 bridgehead atoms. The van der Waals surface area contributed by atoms with Gasteiger partial charge >= 0.3 is 0 Å². The Morgan fingerprint density at radius 3 is 1.97 bits per heavy atom. The lowest BCUT2D eigenvalue weighted by molar-refractivity contribution is -0.438. The molecule has 0 radical (unpaired) electrons. The molecule has 2 aliphatic heterocycles. The van der Waals surface area contributed by atoms with Gasteiger partial charge in [-0.2, -0.15) is 29.8 Å². The van der Waals surface area contributed by atoms with Crippen molar-refractivity contribution in [1.29, 1.82) is 0 Å². The van der Waals surface area contributed by atoms with Crippen molar-refractivity contribution in [2.75, 3.05) is 23.7 Å². The Hall–Kier alpha value is -3.67. The van der Waals surface area contributed by atoms with Crippen LogP contribution in [0, 0.1) is 17.8 Å². The fourth-order valence-corrected chi connectivity index (χ4v) is 13.0. The van der Waals surface area contributed by atoms with Crippen LogP contribution in [0.4, 0.5) is 11.4 Å². The van der Waals surface area contributed by atoms with Gasteiger partial charge in [-0.25, -0.2) is 0 Å². The van der Waals surface area contributed by atoms with Crippen LogP contribution in [0.2, 0.25) is 0 Å². The van der Waals surface area contributed by atoms with E-state index < -0.39 is 41.2 Å². The number of carbonyl (C=O) groups excluding carboxylic acids is 1. The van der Waals surface area contributed by atoms with Gasteiger partial charge in [-0.3, -0.25) is 18.5 Å². The van der Waals surface area contributed by atoms with Crippen molar-refractivity contribution in [1.82, 2.24) is 5.32 Å². The molecule has 2 heterocycles. The number of allylic oxidation sites excluding steroid dienone is 6. The maximum Gasteiger partial charge on any atom is 0.294 e. The molecule has 4 N–H and O–H groups in total. The molecule has 16 heteroatoms. The van der Waals surface area contributed by atoms with Crippen molar-refractivity contribution < 1.29 is 48.3 Å². The molecule has 4 saturated carbocycles. The van der Waals surface area contributed by atoms with E-state index in [1.807, 2.05) is 63.0 Å². The lowest BCUT2D eigenvalue weighted by Crippen LogP contribution is -2.59. The van der Waals surface area contributed by atoms with Gasteiger partial charge in [0.05, 0.1) is 21.0 Å². The van der Waals surface area contributed by atoms with E-state index in [-0.39, 0.29) is 33.4 Å². The minimum Gasteiger partial charge on any atom is -0.351 e. The topological polar surface area (TPSA) is 198 Å². The van der Waals surface area contributed by atoms with Crippen molar-refractivity contribution in [3.8, 4) is 0 Å². The van der Waals surface area contributed by atoms with Gasteiger partial charge in [-0.15, -0.1) is 0 Å². The maximum absolute atomic E-state index is 13.2. The van der Waals surface area contributed by atoms with Crippen LogP contribution >= 0.6 is 0 Å². The van der Waals surface area contributed by atoms with Crippen molar-refractivity contribution in [3.63, 3.8) is 0 Å². The highest BCUT2D eigenvalue weighted by atomic mass is 32.2. The maximum atomic E-state index is 13.2. The molecule has 2 aromatic rings. The van der Waals surface area contributed by atoms with Crippen LogP contribution in [0.1, 0.15) is 116 Å². The lowest BCUT2D eigenvalue weighted by Gasteiger charge is -2.56. The molecule has 0 spiro atoms. The molecule has 4 aliphatic carbocycles. The molecular formula is C45H60N3O10S3+. The molecule has 61 heavy (non-hydrogen) atoms. The van der Waals surface area contributed by atoms with Crippen molar-refractivity contribution in [3.05, 3.63) is 83.6 Å². The molecule has 4 fully saturated rings. The Labute approximate surface area is 361 Å². The smallest absolute Gasteiger partial charge is 0.294 e. The zero-order valence-corrected chi connectivity index (χ0v) is 38.0. The van der Waals surface area contributed by atoms with E-state index in [0.29, 0.717) is 31.5 Å². The van der Waals surface area contributed by atoms with E-state index in [2.05, 4.69) is 9.89 Å². The van der Waals surface area contributed by atoms with E-state index in [0.717, 1.165) is 84.6 Å². The van der Waals surface area contributed by atoms with Crippen LogP contribution in [0.25, 0.3) is 0 Å². The summed E-state index contributed by atoms with van der Waals surface area (Å²) in [6, 6.07) is 9.10. The third kappa shape index (κ3) is 9.79. The second-order valence-electron chi connectivity index (χ2n) is 19.1. The SMILES string of the molecule is CC1(C)C(=CC=CC=CC2=[N+](CCCCCC(=O)NC34CC5CC(CC(C5)C3)C4)c3ccc(S(=O)(=O)O)cc3C2(C)C)N(CCCCS(=O)(=O)O)c2ccc(S(=O)(=O)O)cc21. The van der Waals surface area contributed by atoms with Gasteiger partial charge in [0.15, 0.2) is 5.71 Å². The summed E-state index contributed by atoms with van der Waals surface area (Å²) in [5.74, 6) is 2.06. The van der Waals surface area contributed by atoms with Gasteiger partial charge in [0.25, 0.3) is 30.4 Å². The normalized spacial score (nSPS) is 25.9. The van der Waals surface area contributed by atoms with Crippen LogP contribution in [-0.4, -0.2) is 79.5 Å². The molecule has 13 nitrogen and oxygen atoms in total. The third-order valence-electron chi connectivity index (χ3n) is 13.8. The number of anilines is 1. The van der Waals surface area contributed by atoms with Crippen molar-refractivity contribution in [2.45, 2.75) is 131 Å². The van der Waals surface area contributed by atoms with Crippen molar-refractivity contribution >= 4 is 53.3 Å². The molecule has 332 valence electrons. The highest BCUT2D eigenvalue weighted by Gasteiger charge is 2.51. The predicted molar refractivity (Wildman–Crippen MR) is 235 cm³/mol. The molecule has 8 rings (SSSR count). The molecule has 0 atom stereocenters. The Morgan fingerprint density at radius 2 is 1.36 bits per heavy atom. The summed E-state index contributed by atoms with van der Waals surface area (Å²) in [4.78, 5) is 14.8. The fourth-order valence-electron chi connectivity index (χ4n) is 11.4. The number of amides is 1. The second kappa shape index (κ2) is 16.8. The van der Waals surface area contributed by atoms with Gasteiger partial charge < -0.3 is 10.2 Å². The Bertz CT molecular complexity index is 2500. The number of hydrogen-bond donors (Lipinski definition) is 4. The molecule has 0 aromatic heterocycles. The van der Waals surface area contributed by atoms with Gasteiger partial charge in [0.1, 0.15) is 6.54 Å². The summed E-state index contributed by atoms with van der Waals surface area (Å²) in [5.41, 5.74) is 3.44. The molecule has 1 amide bonds. The Kier molecular flexibility index (Phi) is 12.5. The lowest BCUT2D eigenvalue weighted by atomic mass is 9.53. The van der Waals surface area contributed by atoms with Gasteiger partial charge in [-0.1, -0.05) is 32.1 Å². The van der Waals surface area contributed by atoms with Gasteiger partial charge in [0, 0.05) is 59.4 Å². The molecule has 0 unspecified atom stereocenters. The van der Waals surface area contributed by atoms with Crippen LogP contribution in [0.3, 0.4) is 0 Å². The number of rotatable bonds is 17. The monoisotopic (exact) mass is 898 g/mol. The van der Waals surface area contributed by atoms with Crippen LogP contribution in [-0.2, 0) is 46.0 Å². The second-order valence-corrected chi connectivity index (χ2v) is 23.5. The molecule has 0 saturated heterocycles. The van der Waals surface area contributed by atoms with Crippen molar-refractivity contribution in [2.24, 2.45) is 17.8 Å². The Morgan fingerprint density at radius 1 is 0.754 bits per heavy atom. The quantitative estimate of drug-likeness (QED) is 0.0526. The van der Waals surface area contributed by atoms with Crippen LogP contribution < -0.4 is 10.2 Å². The number of hydrogen-bond acceptors (Lipinski definition) is 8. The highest BCUT2D eigenvalue weighted by Crippen LogP contribution is 2.56. The summed E-state index contributed by atoms with van der Waals surface area (Å²) in [6.07, 6.45) is 20.4. The number of benzene rings is 2. The summed E-state index contributed by atoms with van der Waals surface area (Å²) in [5, 5.41) is 3.49. The third-order valence-corrected chi connectivity index (χ3v) is 16.3. The standard InChI is InChI=1S/C45H59N3O10S3/c1-43(2)36-26-34(60(53,54)55)16-18-38(36)47(20-10-6-9-15-42(49)46-45-28-31-23-32(29-45)25-33(24-31)30-45)40(43)13-7-5-8-14-41-44(3,4)37-27-35(61(56,57)58)17-19-39(37)48(41)21-11-12-22-59(50,51)52/h5,7-8,13-14,16-19,26-27,31-33H,6,9-12,15,20-25,28-30H2,1-4H3,(H3-,46,49,50,51,52,53,54,55,56,57,58)/p+1. The highest BCUT2D eigenvalue weighted by molar-refractivity contribution is 7.86. The fraction of sp³-hybridized carbons (Fsp3) is 0.556. The molecule has 6 aliphatic rings. The summed E-state index contributed by atoms with van der Waals surface area (Å²) in [7, 11) is -13.0. The number of unbranched alkanes of at least 4 members (excludes halogenated alkanes) is 3. The first kappa shape index (κ1) is 45.4.